The van der Waals surface area contributed by atoms with Gasteiger partial charge in [0.05, 0.1) is 77.4 Å². The van der Waals surface area contributed by atoms with Gasteiger partial charge in [-0.2, -0.15) is 0 Å². The number of methoxy groups -OCH3 is 3. The number of rotatable bonds is 12. The smallest absolute Gasteiger partial charge is 0.490 e. The van der Waals surface area contributed by atoms with Crippen molar-refractivity contribution in [2.24, 2.45) is 0 Å². The zero-order chi connectivity index (χ0) is 84.1. The third kappa shape index (κ3) is 22.2. The number of halogens is 2. The number of hydrogen-bond donors (Lipinski definition) is 6. The second kappa shape index (κ2) is 37.3. The van der Waals surface area contributed by atoms with E-state index in [0.717, 1.165) is 63.5 Å². The molecule has 6 N–H and O–H groups in total. The Morgan fingerprint density at radius 1 is 0.526 bits per heavy atom. The van der Waals surface area contributed by atoms with Crippen molar-refractivity contribution in [3.05, 3.63) is 190 Å². The Bertz CT molecular complexity index is 5170. The maximum atomic E-state index is 12.8. The first kappa shape index (κ1) is 86.1. The summed E-state index contributed by atoms with van der Waals surface area (Å²) < 4.78 is 60.8. The average Bonchev–Trinajstić information content (AvgIpc) is 1.77. The van der Waals surface area contributed by atoms with Crippen LogP contribution in [-0.4, -0.2) is 181 Å². The Labute approximate surface area is 672 Å². The molecule has 13 rings (SSSR count). The van der Waals surface area contributed by atoms with Gasteiger partial charge in [-0.1, -0.05) is 88.7 Å². The van der Waals surface area contributed by atoms with E-state index in [1.54, 1.807) is 51.1 Å². The maximum absolute atomic E-state index is 12.8. The van der Waals surface area contributed by atoms with Crippen LogP contribution in [0.4, 0.5) is 18.8 Å². The van der Waals surface area contributed by atoms with Crippen molar-refractivity contribution >= 4 is 79.6 Å². The van der Waals surface area contributed by atoms with Crippen molar-refractivity contribution < 1.29 is 73.2 Å². The Balaban J connectivity index is 0.000000177. The summed E-state index contributed by atoms with van der Waals surface area (Å²) in [6.07, 6.45) is 6.46. The summed E-state index contributed by atoms with van der Waals surface area (Å²) in [5.41, 5.74) is 7.18. The molecule has 0 aliphatic carbocycles. The molecule has 0 saturated carbocycles. The normalized spacial score (nSPS) is 15.6. The topological polar surface area (TPSA) is 333 Å². The summed E-state index contributed by atoms with van der Waals surface area (Å²) in [6.45, 7) is 28.1. The van der Waals surface area contributed by atoms with E-state index in [0.29, 0.717) is 129 Å². The number of carbonyl (C=O) groups is 3. The van der Waals surface area contributed by atoms with E-state index in [-0.39, 0.29) is 73.1 Å². The third-order valence-corrected chi connectivity index (χ3v) is 20.0. The first-order valence-electron chi connectivity index (χ1n) is 38.2. The number of likely N-dealkylation sites (tertiary alicyclic amines) is 1. The van der Waals surface area contributed by atoms with Crippen LogP contribution >= 0.6 is 15.9 Å². The van der Waals surface area contributed by atoms with Gasteiger partial charge in [0.2, 0.25) is 0 Å². The number of aromatic nitrogens is 6. The molecule has 0 unspecified atom stereocenters. The number of aromatic amines is 3. The van der Waals surface area contributed by atoms with Crippen LogP contribution in [0.25, 0.3) is 72.4 Å². The number of nitrogens with one attached hydrogen (secondary N) is 3. The molecule has 4 aliphatic heterocycles. The number of nitrogens with zero attached hydrogens (tertiary/aromatic N) is 6. The number of benzene rings is 6. The molecule has 0 spiro atoms. The zero-order valence-corrected chi connectivity index (χ0v) is 69.2. The molecule has 26 nitrogen and oxygen atoms in total. The van der Waals surface area contributed by atoms with E-state index < -0.39 is 24.0 Å². The molecule has 9 aromatic rings. The van der Waals surface area contributed by atoms with Crippen LogP contribution in [0.1, 0.15) is 151 Å². The molecule has 3 aromatic heterocycles. The predicted octanol–water partition coefficient (Wildman–Crippen LogP) is 14.9. The van der Waals surface area contributed by atoms with Gasteiger partial charge in [-0.05, 0) is 209 Å². The van der Waals surface area contributed by atoms with Crippen molar-refractivity contribution in [1.29, 1.82) is 0 Å². The summed E-state index contributed by atoms with van der Waals surface area (Å²) in [4.78, 5) is 102. The fraction of sp³-hybridized carbons (Fsp3) is 0.424. The minimum absolute atomic E-state index is 0.144. The fourth-order valence-electron chi connectivity index (χ4n) is 12.9. The molecule has 2 saturated heterocycles. The molecular formula is C85H104BBrFN9O17. The van der Waals surface area contributed by atoms with Gasteiger partial charge in [0.15, 0.2) is 0 Å². The molecule has 0 radical (unpaired) electrons. The molecule has 3 amide bonds. The van der Waals surface area contributed by atoms with Crippen molar-refractivity contribution in [2.75, 3.05) is 67.8 Å². The summed E-state index contributed by atoms with van der Waals surface area (Å²) in [6, 6.07) is 33.3. The Hall–Kier alpha value is -10.3. The number of amides is 3. The second-order valence-corrected chi connectivity index (χ2v) is 32.6. The van der Waals surface area contributed by atoms with Gasteiger partial charge in [0, 0.05) is 60.4 Å². The van der Waals surface area contributed by atoms with Gasteiger partial charge in [0.25, 0.3) is 16.7 Å². The highest BCUT2D eigenvalue weighted by atomic mass is 79.9. The second-order valence-electron chi connectivity index (χ2n) is 31.7. The van der Waals surface area contributed by atoms with Crippen LogP contribution in [0.15, 0.2) is 146 Å². The molecule has 7 heterocycles. The highest BCUT2D eigenvalue weighted by Gasteiger charge is 2.52. The third-order valence-electron chi connectivity index (χ3n) is 19.5. The van der Waals surface area contributed by atoms with Crippen LogP contribution in [0.2, 0.25) is 0 Å². The predicted molar refractivity (Wildman–Crippen MR) is 442 cm³/mol. The quantitative estimate of drug-likeness (QED) is 0.0489. The molecule has 6 aromatic carbocycles. The lowest BCUT2D eigenvalue weighted by Crippen LogP contribution is -2.41. The van der Waals surface area contributed by atoms with Crippen LogP contribution in [0.5, 0.6) is 17.2 Å². The number of aliphatic hydroxyl groups is 3. The number of hydrogen-bond acceptors (Lipinski definition) is 20. The van der Waals surface area contributed by atoms with Gasteiger partial charge in [-0.15, -0.1) is 0 Å². The Kier molecular flexibility index (Phi) is 28.2. The SMILES string of the molecule is CC(C)(C)OC(=O)N1CC=C(B2OC(C)(C)C(C)(C)O2)CC1.COc1cc(CO)cc2nc(-c3ccc(Br)cc3)[nH]c(=O)c12.COc1cc(CO)cc2nc(-c3ccc(C4=CCN(C(=O)OC(C)(C)C)CC4)cc3)[nH]c(=O)c12.COc1cc(CO)cc2nc(-c3ccc(C4CCN(C(=O)OC(C)(C)C)CC4)cc3)[nH]c(=O)c12.[2H]CF. The van der Waals surface area contributed by atoms with Gasteiger partial charge in [-0.3, -0.25) is 18.8 Å². The summed E-state index contributed by atoms with van der Waals surface area (Å²) in [7, 11) is 3.14. The summed E-state index contributed by atoms with van der Waals surface area (Å²) in [5.74, 6) is 2.89. The maximum Gasteiger partial charge on any atom is 0.490 e. The van der Waals surface area contributed by atoms with Crippen molar-refractivity contribution in [3.63, 3.8) is 0 Å². The molecule has 114 heavy (non-hydrogen) atoms. The summed E-state index contributed by atoms with van der Waals surface area (Å²) >= 11 is 3.37. The highest BCUT2D eigenvalue weighted by molar-refractivity contribution is 9.10. The van der Waals surface area contributed by atoms with E-state index in [9.17, 15) is 48.5 Å². The zero-order valence-electron chi connectivity index (χ0n) is 68.6. The molecular weight excluding hydrogens is 1530 g/mol. The van der Waals surface area contributed by atoms with E-state index in [4.69, 9.17) is 39.1 Å². The summed E-state index contributed by atoms with van der Waals surface area (Å²) in [5, 5.41) is 29.5. The van der Waals surface area contributed by atoms with Crippen molar-refractivity contribution in [3.8, 4) is 51.4 Å². The monoisotopic (exact) mass is 1630 g/mol. The van der Waals surface area contributed by atoms with E-state index >= 15 is 0 Å². The Morgan fingerprint density at radius 2 is 0.860 bits per heavy atom. The number of fused-ring (bicyclic) bond motifs is 3. The molecule has 608 valence electrons. The molecule has 2 fully saturated rings. The number of H-pyrrole nitrogens is 3. The molecule has 29 heteroatoms. The van der Waals surface area contributed by atoms with Crippen LogP contribution < -0.4 is 30.9 Å². The molecule has 0 bridgehead atoms. The van der Waals surface area contributed by atoms with E-state index in [1.807, 2.05) is 163 Å². The lowest BCUT2D eigenvalue weighted by Gasteiger charge is -2.33. The van der Waals surface area contributed by atoms with Crippen molar-refractivity contribution in [2.45, 2.75) is 169 Å². The highest BCUT2D eigenvalue weighted by Crippen LogP contribution is 2.40. The minimum atomic E-state index is -1.00. The standard InChI is InChI=1S/C26H31N3O5.C26H29N3O5.C16H28BNO4.C16H13BrN2O3.CH3F/c2*1-26(2,3)34-25(32)29-11-9-18(10-12-29)17-5-7-19(8-6-17)23-27-20-13-16(15-30)14-21(33-4)22(20)24(31)28-23;1-14(2,3)20-13(19)18-10-8-12(9-11-18)17-21-15(4,5)16(6,7)22-17;1-22-13-7-9(8-20)6-12-14(13)16(21)19-15(18-12)10-2-4-11(17)5-3-10;1-2/h5-8,13-14,18,30H,9-12,15H2,1-4H3,(H,27,28,31);5-9,13-14,30H,10-12,15H2,1-4H3,(H,27,28,31);8H,9-11H2,1-7H3;2-7,20H,8H2,1H3,(H,18,19,21);1H3/i;;;;1D. The van der Waals surface area contributed by atoms with Gasteiger partial charge < -0.3 is 82.7 Å². The molecule has 0 atom stereocenters. The fourth-order valence-corrected chi connectivity index (χ4v) is 13.2. The number of carbonyl (C=O) groups excluding carboxylic acids is 3. The van der Waals surface area contributed by atoms with Gasteiger partial charge >= 0.3 is 25.4 Å². The van der Waals surface area contributed by atoms with Crippen LogP contribution in [0.3, 0.4) is 0 Å². The van der Waals surface area contributed by atoms with Crippen LogP contribution in [0, 0.1) is 0 Å². The van der Waals surface area contributed by atoms with Crippen LogP contribution in [-0.2, 0) is 43.3 Å². The largest absolute Gasteiger partial charge is 0.496 e. The first-order valence-corrected chi connectivity index (χ1v) is 38.3. The average molecular weight is 1630 g/mol. The number of piperidine rings is 1. The minimum Gasteiger partial charge on any atom is -0.496 e. The number of aliphatic hydroxyl groups excluding tert-OH is 3. The van der Waals surface area contributed by atoms with E-state index in [2.05, 4.69) is 58.0 Å². The first-order chi connectivity index (χ1) is 54.3. The van der Waals surface area contributed by atoms with Gasteiger partial charge in [0.1, 0.15) is 67.7 Å². The molecule has 4 aliphatic rings. The van der Waals surface area contributed by atoms with E-state index in [1.165, 1.54) is 26.9 Å². The Morgan fingerprint density at radius 3 is 1.18 bits per heavy atom. The lowest BCUT2D eigenvalue weighted by molar-refractivity contribution is 0.00578. The number of alkyl halides is 1. The number of ether oxygens (including phenoxy) is 6. The van der Waals surface area contributed by atoms with Gasteiger partial charge in [-0.25, -0.2) is 29.3 Å². The lowest BCUT2D eigenvalue weighted by atomic mass is 9.75. The van der Waals surface area contributed by atoms with Crippen molar-refractivity contribution in [1.82, 2.24) is 44.6 Å².